The van der Waals surface area contributed by atoms with Crippen molar-refractivity contribution in [3.05, 3.63) is 35.0 Å². The van der Waals surface area contributed by atoms with Crippen molar-refractivity contribution in [2.45, 2.75) is 38.6 Å². The van der Waals surface area contributed by atoms with Crippen LogP contribution in [0.25, 0.3) is 0 Å². The number of hydrogen-bond acceptors (Lipinski definition) is 2. The third kappa shape index (κ3) is 5.14. The largest absolute Gasteiger partial charge is 0.314 e. The summed E-state index contributed by atoms with van der Waals surface area (Å²) in [6.07, 6.45) is 6.83. The summed E-state index contributed by atoms with van der Waals surface area (Å²) < 4.78 is 0. The summed E-state index contributed by atoms with van der Waals surface area (Å²) in [4.78, 5) is 1.50. The minimum atomic E-state index is 0.618. The highest BCUT2D eigenvalue weighted by Crippen LogP contribution is 2.13. The highest BCUT2D eigenvalue weighted by Gasteiger charge is 2.04. The van der Waals surface area contributed by atoms with Crippen LogP contribution in [0.15, 0.2) is 30.2 Å². The van der Waals surface area contributed by atoms with E-state index in [-0.39, 0.29) is 0 Å². The molecule has 0 amide bonds. The average Bonchev–Trinajstić information content (AvgIpc) is 2.71. The highest BCUT2D eigenvalue weighted by atomic mass is 32.1. The van der Waals surface area contributed by atoms with Gasteiger partial charge in [0.15, 0.2) is 0 Å². The third-order valence-electron chi connectivity index (χ3n) is 2.50. The normalized spacial score (nSPS) is 12.6. The second-order valence-electron chi connectivity index (χ2n) is 3.75. The fourth-order valence-corrected chi connectivity index (χ4v) is 2.52. The summed E-state index contributed by atoms with van der Waals surface area (Å²) in [5.74, 6) is 0. The Labute approximate surface area is 97.2 Å². The topological polar surface area (TPSA) is 12.0 Å². The molecule has 0 fully saturated rings. The summed E-state index contributed by atoms with van der Waals surface area (Å²) in [6.45, 7) is 7.02. The van der Waals surface area contributed by atoms with Gasteiger partial charge in [-0.2, -0.15) is 0 Å². The lowest BCUT2D eigenvalue weighted by molar-refractivity contribution is 0.484. The fraction of sp³-hybridized carbons (Fsp3) is 0.538. The van der Waals surface area contributed by atoms with Crippen LogP contribution < -0.4 is 5.32 Å². The van der Waals surface area contributed by atoms with Crippen molar-refractivity contribution in [3.8, 4) is 0 Å². The SMILES string of the molecule is C=CCC(CCCc1cccs1)NCC. The molecule has 0 aliphatic rings. The number of hydrogen-bond donors (Lipinski definition) is 1. The van der Waals surface area contributed by atoms with E-state index in [1.807, 2.05) is 17.4 Å². The lowest BCUT2D eigenvalue weighted by Crippen LogP contribution is -2.28. The van der Waals surface area contributed by atoms with E-state index < -0.39 is 0 Å². The van der Waals surface area contributed by atoms with E-state index >= 15 is 0 Å². The monoisotopic (exact) mass is 223 g/mol. The fourth-order valence-electron chi connectivity index (χ4n) is 1.77. The van der Waals surface area contributed by atoms with Gasteiger partial charge in [0.05, 0.1) is 0 Å². The molecule has 1 aromatic heterocycles. The van der Waals surface area contributed by atoms with E-state index in [0.717, 1.165) is 13.0 Å². The highest BCUT2D eigenvalue weighted by molar-refractivity contribution is 7.09. The van der Waals surface area contributed by atoms with Crippen molar-refractivity contribution in [2.75, 3.05) is 6.54 Å². The van der Waals surface area contributed by atoms with Crippen LogP contribution in [-0.2, 0) is 6.42 Å². The van der Waals surface area contributed by atoms with Crippen molar-refractivity contribution in [2.24, 2.45) is 0 Å². The molecule has 0 radical (unpaired) electrons. The second-order valence-corrected chi connectivity index (χ2v) is 4.78. The molecule has 2 heteroatoms. The zero-order chi connectivity index (χ0) is 10.9. The summed E-state index contributed by atoms with van der Waals surface area (Å²) in [5.41, 5.74) is 0. The van der Waals surface area contributed by atoms with Crippen LogP contribution in [0, 0.1) is 0 Å². The molecule has 1 rings (SSSR count). The predicted molar refractivity (Wildman–Crippen MR) is 69.5 cm³/mol. The van der Waals surface area contributed by atoms with Crippen molar-refractivity contribution in [1.29, 1.82) is 0 Å². The van der Waals surface area contributed by atoms with Crippen LogP contribution in [0.4, 0.5) is 0 Å². The molecule has 0 aromatic carbocycles. The van der Waals surface area contributed by atoms with Crippen molar-refractivity contribution < 1.29 is 0 Å². The van der Waals surface area contributed by atoms with E-state index in [0.29, 0.717) is 6.04 Å². The van der Waals surface area contributed by atoms with Crippen LogP contribution in [0.1, 0.15) is 31.1 Å². The van der Waals surface area contributed by atoms with Crippen LogP contribution in [-0.4, -0.2) is 12.6 Å². The van der Waals surface area contributed by atoms with E-state index in [2.05, 4.69) is 36.3 Å². The molecule has 0 spiro atoms. The molecule has 1 heterocycles. The molecule has 0 aliphatic heterocycles. The van der Waals surface area contributed by atoms with Gasteiger partial charge in [-0.05, 0) is 43.7 Å². The smallest absolute Gasteiger partial charge is 0.0101 e. The van der Waals surface area contributed by atoms with Crippen molar-refractivity contribution in [3.63, 3.8) is 0 Å². The molecule has 1 atom stereocenters. The van der Waals surface area contributed by atoms with Crippen LogP contribution in [0.5, 0.6) is 0 Å². The maximum atomic E-state index is 3.80. The first-order valence-electron chi connectivity index (χ1n) is 5.73. The molecule has 1 unspecified atom stereocenters. The quantitative estimate of drug-likeness (QED) is 0.664. The van der Waals surface area contributed by atoms with Gasteiger partial charge in [0.2, 0.25) is 0 Å². The Morgan fingerprint density at radius 3 is 3.07 bits per heavy atom. The summed E-state index contributed by atoms with van der Waals surface area (Å²) in [6, 6.07) is 4.97. The predicted octanol–water partition coefficient (Wildman–Crippen LogP) is 3.63. The van der Waals surface area contributed by atoms with Crippen LogP contribution >= 0.6 is 11.3 Å². The summed E-state index contributed by atoms with van der Waals surface area (Å²) >= 11 is 1.86. The minimum Gasteiger partial charge on any atom is -0.314 e. The molecule has 1 nitrogen and oxygen atoms in total. The summed E-state index contributed by atoms with van der Waals surface area (Å²) in [5, 5.41) is 5.65. The van der Waals surface area contributed by atoms with Gasteiger partial charge in [0.1, 0.15) is 0 Å². The Morgan fingerprint density at radius 2 is 2.47 bits per heavy atom. The third-order valence-corrected chi connectivity index (χ3v) is 3.44. The van der Waals surface area contributed by atoms with Gasteiger partial charge in [-0.1, -0.05) is 19.1 Å². The van der Waals surface area contributed by atoms with Crippen LogP contribution in [0.3, 0.4) is 0 Å². The molecule has 0 saturated carbocycles. The average molecular weight is 223 g/mol. The molecule has 1 aromatic rings. The Hall–Kier alpha value is -0.600. The first kappa shape index (κ1) is 12.5. The number of rotatable bonds is 8. The molecule has 1 N–H and O–H groups in total. The van der Waals surface area contributed by atoms with Gasteiger partial charge in [-0.15, -0.1) is 17.9 Å². The summed E-state index contributed by atoms with van der Waals surface area (Å²) in [7, 11) is 0. The second kappa shape index (κ2) is 7.66. The maximum Gasteiger partial charge on any atom is 0.0101 e. The standard InChI is InChI=1S/C13H21NS/c1-3-7-12(14-4-2)8-5-9-13-10-6-11-15-13/h3,6,10-12,14H,1,4-5,7-9H2,2H3. The minimum absolute atomic E-state index is 0.618. The van der Waals surface area contributed by atoms with Gasteiger partial charge in [0, 0.05) is 10.9 Å². The van der Waals surface area contributed by atoms with Crippen LogP contribution in [0.2, 0.25) is 0 Å². The lowest BCUT2D eigenvalue weighted by atomic mass is 10.1. The molecule has 84 valence electrons. The first-order chi connectivity index (χ1) is 7.36. The molecule has 0 saturated heterocycles. The van der Waals surface area contributed by atoms with E-state index in [1.165, 1.54) is 24.1 Å². The lowest BCUT2D eigenvalue weighted by Gasteiger charge is -2.15. The molecule has 0 aliphatic carbocycles. The maximum absolute atomic E-state index is 3.80. The molecule has 0 bridgehead atoms. The molecular formula is C13H21NS. The molecule has 15 heavy (non-hydrogen) atoms. The molecular weight excluding hydrogens is 202 g/mol. The van der Waals surface area contributed by atoms with Gasteiger partial charge in [-0.3, -0.25) is 0 Å². The Morgan fingerprint density at radius 1 is 1.60 bits per heavy atom. The first-order valence-corrected chi connectivity index (χ1v) is 6.61. The number of aryl methyl sites for hydroxylation is 1. The zero-order valence-electron chi connectivity index (χ0n) is 9.54. The zero-order valence-corrected chi connectivity index (χ0v) is 10.4. The van der Waals surface area contributed by atoms with Gasteiger partial charge < -0.3 is 5.32 Å². The Bertz CT molecular complexity index is 254. The van der Waals surface area contributed by atoms with Crippen molar-refractivity contribution in [1.82, 2.24) is 5.32 Å². The Balaban J connectivity index is 2.18. The van der Waals surface area contributed by atoms with Gasteiger partial charge in [-0.25, -0.2) is 0 Å². The van der Waals surface area contributed by atoms with E-state index in [1.54, 1.807) is 0 Å². The Kier molecular flexibility index (Phi) is 6.37. The van der Waals surface area contributed by atoms with Gasteiger partial charge >= 0.3 is 0 Å². The number of nitrogens with one attached hydrogen (secondary N) is 1. The van der Waals surface area contributed by atoms with Crippen molar-refractivity contribution >= 4 is 11.3 Å². The van der Waals surface area contributed by atoms with E-state index in [4.69, 9.17) is 0 Å². The van der Waals surface area contributed by atoms with Gasteiger partial charge in [0.25, 0.3) is 0 Å². The number of thiophene rings is 1. The van der Waals surface area contributed by atoms with E-state index in [9.17, 15) is 0 Å².